The maximum absolute atomic E-state index is 10.5. The van der Waals surface area contributed by atoms with E-state index in [4.69, 9.17) is 4.74 Å². The molecule has 1 fully saturated rings. The molecule has 0 amide bonds. The summed E-state index contributed by atoms with van der Waals surface area (Å²) in [5, 5.41) is 10.5. The van der Waals surface area contributed by atoms with Crippen LogP contribution < -0.4 is 0 Å². The van der Waals surface area contributed by atoms with Crippen molar-refractivity contribution in [1.29, 1.82) is 0 Å². The Kier molecular flexibility index (Phi) is 5.39. The van der Waals surface area contributed by atoms with Crippen LogP contribution in [0.1, 0.15) is 29.3 Å². The van der Waals surface area contributed by atoms with E-state index >= 15 is 0 Å². The lowest BCUT2D eigenvalue weighted by Crippen LogP contribution is -2.45. The van der Waals surface area contributed by atoms with Crippen molar-refractivity contribution in [3.8, 4) is 0 Å². The first kappa shape index (κ1) is 16.1. The largest absolute Gasteiger partial charge is 0.388 e. The number of hydrogen-bond donors (Lipinski definition) is 1. The van der Waals surface area contributed by atoms with Crippen molar-refractivity contribution < 1.29 is 9.84 Å². The van der Waals surface area contributed by atoms with Crippen molar-refractivity contribution in [2.75, 3.05) is 19.8 Å². The molecule has 2 unspecified atom stereocenters. The highest BCUT2D eigenvalue weighted by atomic mass is 16.5. The van der Waals surface area contributed by atoms with Crippen molar-refractivity contribution in [3.05, 3.63) is 65.5 Å². The van der Waals surface area contributed by atoms with Gasteiger partial charge >= 0.3 is 0 Å². The molecule has 0 aliphatic carbocycles. The smallest absolute Gasteiger partial charge is 0.0805 e. The van der Waals surface area contributed by atoms with Crippen LogP contribution in [0.3, 0.4) is 0 Å². The van der Waals surface area contributed by atoms with Crippen LogP contribution in [0.2, 0.25) is 0 Å². The minimum Gasteiger partial charge on any atom is -0.388 e. The molecule has 0 saturated carbocycles. The second-order valence-electron chi connectivity index (χ2n) is 6.11. The Balaban J connectivity index is 1.68. The molecule has 1 N–H and O–H groups in total. The van der Waals surface area contributed by atoms with Gasteiger partial charge in [-0.15, -0.1) is 0 Å². The Morgan fingerprint density at radius 2 is 2.09 bits per heavy atom. The lowest BCUT2D eigenvalue weighted by molar-refractivity contribution is -0.0301. The fourth-order valence-electron chi connectivity index (χ4n) is 3.09. The molecule has 0 bridgehead atoms. The Labute approximate surface area is 137 Å². The molecule has 1 aliphatic rings. The first-order valence-corrected chi connectivity index (χ1v) is 8.19. The molecular formula is C19H24N2O2. The number of aryl methyl sites for hydroxylation is 1. The normalized spacial score (nSPS) is 20.3. The van der Waals surface area contributed by atoms with Gasteiger partial charge in [0.1, 0.15) is 0 Å². The topological polar surface area (TPSA) is 45.6 Å². The van der Waals surface area contributed by atoms with E-state index in [-0.39, 0.29) is 6.04 Å². The van der Waals surface area contributed by atoms with Crippen LogP contribution in [0.25, 0.3) is 0 Å². The third-order valence-electron chi connectivity index (χ3n) is 4.52. The van der Waals surface area contributed by atoms with Crippen LogP contribution in [0.15, 0.2) is 48.7 Å². The monoisotopic (exact) mass is 312 g/mol. The van der Waals surface area contributed by atoms with Crippen molar-refractivity contribution in [1.82, 2.24) is 9.88 Å². The number of benzene rings is 1. The maximum Gasteiger partial charge on any atom is 0.0805 e. The van der Waals surface area contributed by atoms with Gasteiger partial charge in [-0.25, -0.2) is 0 Å². The average molecular weight is 312 g/mol. The van der Waals surface area contributed by atoms with E-state index in [1.165, 1.54) is 5.56 Å². The van der Waals surface area contributed by atoms with E-state index in [0.29, 0.717) is 13.0 Å². The number of nitrogens with zero attached hydrogens (tertiary/aromatic N) is 2. The SMILES string of the molecule is Cc1ncccc1CN1CCOCC1CC(O)c1ccccc1. The molecule has 1 aromatic heterocycles. The van der Waals surface area contributed by atoms with Crippen molar-refractivity contribution >= 4 is 0 Å². The molecule has 2 heterocycles. The zero-order chi connectivity index (χ0) is 16.1. The number of aromatic nitrogens is 1. The van der Waals surface area contributed by atoms with Crippen LogP contribution in [0.5, 0.6) is 0 Å². The summed E-state index contributed by atoms with van der Waals surface area (Å²) in [6, 6.07) is 14.2. The minimum atomic E-state index is -0.458. The number of ether oxygens (including phenoxy) is 1. The average Bonchev–Trinajstić information content (AvgIpc) is 2.59. The van der Waals surface area contributed by atoms with E-state index in [2.05, 4.69) is 16.0 Å². The minimum absolute atomic E-state index is 0.221. The molecule has 3 rings (SSSR count). The number of aliphatic hydroxyl groups excluding tert-OH is 1. The summed E-state index contributed by atoms with van der Waals surface area (Å²) in [4.78, 5) is 6.77. The molecule has 1 saturated heterocycles. The molecule has 1 aliphatic heterocycles. The van der Waals surface area contributed by atoms with E-state index in [0.717, 1.165) is 31.0 Å². The van der Waals surface area contributed by atoms with Gasteiger partial charge in [-0.3, -0.25) is 9.88 Å². The fraction of sp³-hybridized carbons (Fsp3) is 0.421. The van der Waals surface area contributed by atoms with Gasteiger partial charge in [0.05, 0.1) is 19.3 Å². The number of hydrogen-bond acceptors (Lipinski definition) is 4. The summed E-state index contributed by atoms with van der Waals surface area (Å²) in [5.41, 5.74) is 3.28. The standard InChI is InChI=1S/C19H24N2O2/c1-15-17(8-5-9-20-15)13-21-10-11-23-14-18(21)12-19(22)16-6-3-2-4-7-16/h2-9,18-19,22H,10-14H2,1H3. The van der Waals surface area contributed by atoms with E-state index < -0.39 is 6.10 Å². The fourth-order valence-corrected chi connectivity index (χ4v) is 3.09. The lowest BCUT2D eigenvalue weighted by Gasteiger charge is -2.37. The molecule has 2 atom stereocenters. The van der Waals surface area contributed by atoms with Crippen LogP contribution in [-0.2, 0) is 11.3 Å². The second kappa shape index (κ2) is 7.68. The van der Waals surface area contributed by atoms with Crippen LogP contribution in [-0.4, -0.2) is 40.8 Å². The molecule has 4 heteroatoms. The first-order valence-electron chi connectivity index (χ1n) is 8.19. The van der Waals surface area contributed by atoms with Crippen molar-refractivity contribution in [2.24, 2.45) is 0 Å². The number of morpholine rings is 1. The van der Waals surface area contributed by atoms with Crippen molar-refractivity contribution in [3.63, 3.8) is 0 Å². The third kappa shape index (κ3) is 4.16. The van der Waals surface area contributed by atoms with Gasteiger partial charge in [0.15, 0.2) is 0 Å². The van der Waals surface area contributed by atoms with Gasteiger partial charge in [-0.2, -0.15) is 0 Å². The van der Waals surface area contributed by atoms with Gasteiger partial charge in [0, 0.05) is 31.0 Å². The summed E-state index contributed by atoms with van der Waals surface area (Å²) >= 11 is 0. The molecule has 0 spiro atoms. The van der Waals surface area contributed by atoms with E-state index in [1.807, 2.05) is 49.5 Å². The zero-order valence-corrected chi connectivity index (χ0v) is 13.6. The van der Waals surface area contributed by atoms with Crippen LogP contribution in [0.4, 0.5) is 0 Å². The molecule has 1 aromatic carbocycles. The lowest BCUT2D eigenvalue weighted by atomic mass is 10.00. The summed E-state index contributed by atoms with van der Waals surface area (Å²) in [7, 11) is 0. The zero-order valence-electron chi connectivity index (χ0n) is 13.6. The highest BCUT2D eigenvalue weighted by Crippen LogP contribution is 2.24. The second-order valence-corrected chi connectivity index (χ2v) is 6.11. The van der Waals surface area contributed by atoms with Gasteiger partial charge in [-0.1, -0.05) is 36.4 Å². The van der Waals surface area contributed by atoms with Gasteiger partial charge < -0.3 is 9.84 Å². The highest BCUT2D eigenvalue weighted by molar-refractivity contribution is 5.19. The van der Waals surface area contributed by atoms with E-state index in [9.17, 15) is 5.11 Å². The Morgan fingerprint density at radius 1 is 1.26 bits per heavy atom. The Hall–Kier alpha value is -1.75. The highest BCUT2D eigenvalue weighted by Gasteiger charge is 2.26. The van der Waals surface area contributed by atoms with Gasteiger partial charge in [-0.05, 0) is 30.5 Å². The van der Waals surface area contributed by atoms with Crippen molar-refractivity contribution in [2.45, 2.75) is 32.0 Å². The number of pyridine rings is 1. The summed E-state index contributed by atoms with van der Waals surface area (Å²) in [6.07, 6.45) is 2.05. The van der Waals surface area contributed by atoms with E-state index in [1.54, 1.807) is 0 Å². The summed E-state index contributed by atoms with van der Waals surface area (Å²) in [5.74, 6) is 0. The number of aliphatic hydroxyl groups is 1. The molecule has 122 valence electrons. The van der Waals surface area contributed by atoms with Gasteiger partial charge in [0.25, 0.3) is 0 Å². The van der Waals surface area contributed by atoms with Crippen LogP contribution in [0, 0.1) is 6.92 Å². The molecular weight excluding hydrogens is 288 g/mol. The predicted octanol–water partition coefficient (Wildman–Crippen LogP) is 2.71. The molecule has 0 radical (unpaired) electrons. The van der Waals surface area contributed by atoms with Crippen LogP contribution >= 0.6 is 0 Å². The molecule has 2 aromatic rings. The number of rotatable bonds is 5. The quantitative estimate of drug-likeness (QED) is 0.922. The van der Waals surface area contributed by atoms with Gasteiger partial charge in [0.2, 0.25) is 0 Å². The Morgan fingerprint density at radius 3 is 2.87 bits per heavy atom. The maximum atomic E-state index is 10.5. The summed E-state index contributed by atoms with van der Waals surface area (Å²) < 4.78 is 5.65. The predicted molar refractivity (Wildman–Crippen MR) is 90.0 cm³/mol. The summed E-state index contributed by atoms with van der Waals surface area (Å²) in [6.45, 7) is 5.21. The first-order chi connectivity index (χ1) is 11.2. The third-order valence-corrected chi connectivity index (χ3v) is 4.52. The molecule has 23 heavy (non-hydrogen) atoms. The Bertz CT molecular complexity index is 618. The molecule has 4 nitrogen and oxygen atoms in total.